The molecule has 0 N–H and O–H groups in total. The highest BCUT2D eigenvalue weighted by atomic mass is 35.5. The molecule has 1 aliphatic heterocycles. The van der Waals surface area contributed by atoms with Crippen molar-refractivity contribution < 1.29 is 27.1 Å². The molecule has 0 spiro atoms. The van der Waals surface area contributed by atoms with E-state index < -0.39 is 34.2 Å². The number of hydrogen-bond acceptors (Lipinski definition) is 5. The number of nitrogens with zero attached hydrogens (tertiary/aromatic N) is 1. The Morgan fingerprint density at radius 2 is 1.71 bits per heavy atom. The van der Waals surface area contributed by atoms with Crippen LogP contribution in [0.4, 0.5) is 4.39 Å². The van der Waals surface area contributed by atoms with Gasteiger partial charge in [-0.2, -0.15) is 4.31 Å². The van der Waals surface area contributed by atoms with Crippen molar-refractivity contribution in [2.24, 2.45) is 0 Å². The molecular formula is C19H17ClFNO5S. The molecule has 9 heteroatoms. The maximum Gasteiger partial charge on any atom is 0.341 e. The molecule has 1 fully saturated rings. The van der Waals surface area contributed by atoms with Gasteiger partial charge in [0.15, 0.2) is 12.4 Å². The van der Waals surface area contributed by atoms with Crippen LogP contribution in [0.3, 0.4) is 0 Å². The summed E-state index contributed by atoms with van der Waals surface area (Å²) >= 11 is 5.72. The Hall–Kier alpha value is -2.29. The van der Waals surface area contributed by atoms with E-state index in [1.807, 2.05) is 0 Å². The first-order chi connectivity index (χ1) is 13.3. The van der Waals surface area contributed by atoms with Gasteiger partial charge in [-0.05, 0) is 55.3 Å². The van der Waals surface area contributed by atoms with Crippen LogP contribution in [0.25, 0.3) is 0 Å². The first kappa shape index (κ1) is 20.4. The lowest BCUT2D eigenvalue weighted by Crippen LogP contribution is -2.27. The molecule has 0 amide bonds. The number of sulfonamides is 1. The average Bonchev–Trinajstić information content (AvgIpc) is 3.23. The first-order valence-electron chi connectivity index (χ1n) is 8.54. The van der Waals surface area contributed by atoms with Gasteiger partial charge in [-0.25, -0.2) is 17.6 Å². The number of carbonyl (C=O) groups excluding carboxylic acids is 2. The van der Waals surface area contributed by atoms with Gasteiger partial charge in [-0.3, -0.25) is 4.79 Å². The standard InChI is InChI=1S/C19H17ClFNO5S/c20-14-5-8-17(21)16(11-14)19(24)27-12-18(23)13-3-6-15(7-4-13)28(25,26)22-9-1-2-10-22/h3-8,11H,1-2,9-10,12H2. The lowest BCUT2D eigenvalue weighted by atomic mass is 10.1. The molecule has 0 radical (unpaired) electrons. The Bertz CT molecular complexity index is 1000. The normalized spacial score (nSPS) is 14.8. The van der Waals surface area contributed by atoms with Crippen LogP contribution in [0.5, 0.6) is 0 Å². The maximum atomic E-state index is 13.6. The number of benzene rings is 2. The molecule has 0 atom stereocenters. The van der Waals surface area contributed by atoms with Crippen LogP contribution >= 0.6 is 11.6 Å². The van der Waals surface area contributed by atoms with Gasteiger partial charge in [0.05, 0.1) is 10.5 Å². The van der Waals surface area contributed by atoms with Crippen molar-refractivity contribution in [1.82, 2.24) is 4.31 Å². The topological polar surface area (TPSA) is 80.8 Å². The van der Waals surface area contributed by atoms with Gasteiger partial charge in [-0.15, -0.1) is 0 Å². The summed E-state index contributed by atoms with van der Waals surface area (Å²) in [5.74, 6) is -2.36. The molecule has 2 aromatic rings. The second-order valence-corrected chi connectivity index (χ2v) is 8.63. The number of esters is 1. The number of ketones is 1. The van der Waals surface area contributed by atoms with E-state index in [2.05, 4.69) is 0 Å². The van der Waals surface area contributed by atoms with E-state index in [0.717, 1.165) is 25.0 Å². The van der Waals surface area contributed by atoms with Crippen LogP contribution < -0.4 is 0 Å². The van der Waals surface area contributed by atoms with E-state index in [-0.39, 0.29) is 21.0 Å². The van der Waals surface area contributed by atoms with Crippen LogP contribution in [0.2, 0.25) is 5.02 Å². The van der Waals surface area contributed by atoms with Crippen molar-refractivity contribution in [2.45, 2.75) is 17.7 Å². The first-order valence-corrected chi connectivity index (χ1v) is 10.4. The van der Waals surface area contributed by atoms with E-state index in [1.54, 1.807) is 0 Å². The summed E-state index contributed by atoms with van der Waals surface area (Å²) in [5.41, 5.74) is -0.188. The van der Waals surface area contributed by atoms with Crippen molar-refractivity contribution in [2.75, 3.05) is 19.7 Å². The van der Waals surface area contributed by atoms with Crippen LogP contribution in [0.1, 0.15) is 33.6 Å². The smallest absolute Gasteiger partial charge is 0.341 e. The van der Waals surface area contributed by atoms with E-state index in [0.29, 0.717) is 13.1 Å². The minimum atomic E-state index is -3.57. The fraction of sp³-hybridized carbons (Fsp3) is 0.263. The Morgan fingerprint density at radius 1 is 1.07 bits per heavy atom. The summed E-state index contributed by atoms with van der Waals surface area (Å²) in [6.45, 7) is 0.362. The van der Waals surface area contributed by atoms with Crippen LogP contribution in [-0.4, -0.2) is 44.2 Å². The molecule has 3 rings (SSSR count). The Labute approximate surface area is 166 Å². The van der Waals surface area contributed by atoms with Gasteiger partial charge in [0, 0.05) is 23.7 Å². The highest BCUT2D eigenvalue weighted by Gasteiger charge is 2.27. The second-order valence-electron chi connectivity index (χ2n) is 6.26. The lowest BCUT2D eigenvalue weighted by molar-refractivity contribution is 0.0470. The van der Waals surface area contributed by atoms with Gasteiger partial charge >= 0.3 is 5.97 Å². The van der Waals surface area contributed by atoms with E-state index >= 15 is 0 Å². The molecule has 6 nitrogen and oxygen atoms in total. The number of hydrogen-bond donors (Lipinski definition) is 0. The highest BCUT2D eigenvalue weighted by Crippen LogP contribution is 2.21. The molecule has 0 aliphatic carbocycles. The third kappa shape index (κ3) is 4.40. The van der Waals surface area contributed by atoms with Crippen LogP contribution in [-0.2, 0) is 14.8 Å². The van der Waals surface area contributed by atoms with Crippen molar-refractivity contribution in [3.8, 4) is 0 Å². The minimum absolute atomic E-state index is 0.101. The molecule has 1 heterocycles. The zero-order chi connectivity index (χ0) is 20.3. The molecule has 148 valence electrons. The van der Waals surface area contributed by atoms with E-state index in [9.17, 15) is 22.4 Å². The summed E-state index contributed by atoms with van der Waals surface area (Å²) in [5, 5.41) is 0.162. The van der Waals surface area contributed by atoms with Gasteiger partial charge in [0.2, 0.25) is 10.0 Å². The highest BCUT2D eigenvalue weighted by molar-refractivity contribution is 7.89. The minimum Gasteiger partial charge on any atom is -0.454 e. The molecule has 0 aromatic heterocycles. The predicted octanol–water partition coefficient (Wildman–Crippen LogP) is 3.30. The SMILES string of the molecule is O=C(COC(=O)c1cc(Cl)ccc1F)c1ccc(S(=O)(=O)N2CCCC2)cc1. The zero-order valence-corrected chi connectivity index (χ0v) is 16.3. The van der Waals surface area contributed by atoms with Crippen LogP contribution in [0, 0.1) is 5.82 Å². The van der Waals surface area contributed by atoms with Gasteiger partial charge in [-0.1, -0.05) is 11.6 Å². The fourth-order valence-corrected chi connectivity index (χ4v) is 4.53. The number of halogens is 2. The number of carbonyl (C=O) groups is 2. The molecule has 1 saturated heterocycles. The van der Waals surface area contributed by atoms with E-state index in [1.165, 1.54) is 34.6 Å². The van der Waals surface area contributed by atoms with Gasteiger partial charge in [0.25, 0.3) is 0 Å². The van der Waals surface area contributed by atoms with Crippen LogP contribution in [0.15, 0.2) is 47.4 Å². The summed E-state index contributed by atoms with van der Waals surface area (Å²) in [6, 6.07) is 8.84. The number of rotatable bonds is 6. The lowest BCUT2D eigenvalue weighted by Gasteiger charge is -2.15. The molecule has 1 aliphatic rings. The zero-order valence-electron chi connectivity index (χ0n) is 14.7. The van der Waals surface area contributed by atoms with Crippen molar-refractivity contribution in [1.29, 1.82) is 0 Å². The Balaban J connectivity index is 1.65. The summed E-state index contributed by atoms with van der Waals surface area (Å²) < 4.78 is 44.8. The van der Waals surface area contributed by atoms with Crippen molar-refractivity contribution in [3.05, 3.63) is 64.4 Å². The Morgan fingerprint density at radius 3 is 2.36 bits per heavy atom. The third-order valence-corrected chi connectivity index (χ3v) is 6.51. The maximum absolute atomic E-state index is 13.6. The molecule has 28 heavy (non-hydrogen) atoms. The summed E-state index contributed by atoms with van der Waals surface area (Å²) in [7, 11) is -3.57. The average molecular weight is 426 g/mol. The van der Waals surface area contributed by atoms with Crippen molar-refractivity contribution in [3.63, 3.8) is 0 Å². The molecule has 2 aromatic carbocycles. The fourth-order valence-electron chi connectivity index (χ4n) is 2.84. The quantitative estimate of drug-likeness (QED) is 0.524. The Kier molecular flexibility index (Phi) is 6.12. The third-order valence-electron chi connectivity index (χ3n) is 4.36. The van der Waals surface area contributed by atoms with Gasteiger partial charge in [0.1, 0.15) is 5.82 Å². The summed E-state index contributed by atoms with van der Waals surface area (Å²) in [4.78, 5) is 24.2. The number of Topliss-reactive ketones (excluding diaryl/α,β-unsaturated/α-hetero) is 1. The monoisotopic (exact) mass is 425 g/mol. The molecular weight excluding hydrogens is 409 g/mol. The molecule has 0 bridgehead atoms. The van der Waals surface area contributed by atoms with E-state index in [4.69, 9.17) is 16.3 Å². The molecule has 0 unspecified atom stereocenters. The largest absolute Gasteiger partial charge is 0.454 e. The summed E-state index contributed by atoms with van der Waals surface area (Å²) in [6.07, 6.45) is 1.66. The second kappa shape index (κ2) is 8.38. The molecule has 0 saturated carbocycles. The number of ether oxygens (including phenoxy) is 1. The van der Waals surface area contributed by atoms with Gasteiger partial charge < -0.3 is 4.74 Å². The van der Waals surface area contributed by atoms with Crippen molar-refractivity contribution >= 4 is 33.4 Å². The predicted molar refractivity (Wildman–Crippen MR) is 100 cm³/mol.